The van der Waals surface area contributed by atoms with E-state index in [4.69, 9.17) is 5.26 Å². The number of aromatic nitrogens is 3. The van der Waals surface area contributed by atoms with Crippen LogP contribution in [0.2, 0.25) is 0 Å². The summed E-state index contributed by atoms with van der Waals surface area (Å²) in [5.41, 5.74) is 3.07. The molecule has 0 amide bonds. The first-order valence-electron chi connectivity index (χ1n) is 6.39. The second-order valence-corrected chi connectivity index (χ2v) is 4.76. The number of rotatable bonds is 2. The molecule has 21 heavy (non-hydrogen) atoms. The summed E-state index contributed by atoms with van der Waals surface area (Å²) in [6.45, 7) is 5.66. The smallest absolute Gasteiger partial charge is 0.282 e. The van der Waals surface area contributed by atoms with E-state index in [2.05, 4.69) is 16.7 Å². The minimum atomic E-state index is -0.281. The van der Waals surface area contributed by atoms with Crippen LogP contribution in [0.3, 0.4) is 0 Å². The average Bonchev–Trinajstić information content (AvgIpc) is 2.91. The second-order valence-electron chi connectivity index (χ2n) is 4.76. The van der Waals surface area contributed by atoms with Gasteiger partial charge >= 0.3 is 0 Å². The van der Waals surface area contributed by atoms with Crippen LogP contribution in [0.1, 0.15) is 18.1 Å². The van der Waals surface area contributed by atoms with Crippen LogP contribution in [-0.2, 0) is 0 Å². The van der Waals surface area contributed by atoms with Crippen LogP contribution in [-0.4, -0.2) is 14.6 Å². The zero-order valence-corrected chi connectivity index (χ0v) is 11.4. The molecule has 3 rings (SSSR count). The van der Waals surface area contributed by atoms with E-state index in [1.807, 2.05) is 36.4 Å². The van der Waals surface area contributed by atoms with Gasteiger partial charge in [-0.2, -0.15) is 14.9 Å². The van der Waals surface area contributed by atoms with Crippen molar-refractivity contribution in [2.45, 2.75) is 6.92 Å². The van der Waals surface area contributed by atoms with Crippen LogP contribution in [0.4, 0.5) is 0 Å². The predicted octanol–water partition coefficient (Wildman–Crippen LogP) is 2.59. The molecule has 5 heteroatoms. The number of hydrogen-bond donors (Lipinski definition) is 1. The molecular weight excluding hydrogens is 264 g/mol. The van der Waals surface area contributed by atoms with E-state index in [1.54, 1.807) is 6.92 Å². The third kappa shape index (κ3) is 1.94. The first-order chi connectivity index (χ1) is 10.1. The highest BCUT2D eigenvalue weighted by Gasteiger charge is 2.16. The van der Waals surface area contributed by atoms with Crippen molar-refractivity contribution in [3.63, 3.8) is 0 Å². The summed E-state index contributed by atoms with van der Waals surface area (Å²) in [7, 11) is 0. The van der Waals surface area contributed by atoms with Gasteiger partial charge < -0.3 is 4.98 Å². The Bertz CT molecular complexity index is 942. The molecule has 0 aliphatic carbocycles. The van der Waals surface area contributed by atoms with E-state index in [1.165, 1.54) is 10.7 Å². The lowest BCUT2D eigenvalue weighted by Crippen LogP contribution is -2.20. The molecule has 0 aliphatic rings. The van der Waals surface area contributed by atoms with Crippen LogP contribution < -0.4 is 5.56 Å². The van der Waals surface area contributed by atoms with Crippen molar-refractivity contribution in [2.75, 3.05) is 0 Å². The van der Waals surface area contributed by atoms with Gasteiger partial charge in [0.05, 0.1) is 17.5 Å². The van der Waals surface area contributed by atoms with Crippen molar-refractivity contribution in [3.05, 3.63) is 64.6 Å². The summed E-state index contributed by atoms with van der Waals surface area (Å²) < 4.78 is 1.20. The van der Waals surface area contributed by atoms with Crippen LogP contribution in [0, 0.1) is 11.3 Å². The maximum atomic E-state index is 12.6. The Morgan fingerprint density at radius 3 is 2.71 bits per heavy atom. The molecule has 5 nitrogen and oxygen atoms in total. The summed E-state index contributed by atoms with van der Waals surface area (Å²) >= 11 is 0. The molecule has 2 heterocycles. The number of nitriles is 1. The van der Waals surface area contributed by atoms with Crippen LogP contribution >= 0.6 is 0 Å². The number of nitrogens with one attached hydrogen (secondary N) is 1. The molecule has 102 valence electrons. The summed E-state index contributed by atoms with van der Waals surface area (Å²) in [5.74, 6) is 0. The van der Waals surface area contributed by atoms with E-state index in [0.717, 1.165) is 5.56 Å². The Morgan fingerprint density at radius 1 is 1.38 bits per heavy atom. The highest BCUT2D eigenvalue weighted by Crippen LogP contribution is 2.24. The lowest BCUT2D eigenvalue weighted by Gasteiger charge is -2.10. The third-order valence-electron chi connectivity index (χ3n) is 3.28. The van der Waals surface area contributed by atoms with Gasteiger partial charge in [0.25, 0.3) is 5.56 Å². The topological polar surface area (TPSA) is 73.9 Å². The van der Waals surface area contributed by atoms with Crippen LogP contribution in [0.25, 0.3) is 22.5 Å². The quantitative estimate of drug-likeness (QED) is 0.781. The summed E-state index contributed by atoms with van der Waals surface area (Å²) in [6, 6.07) is 11.5. The van der Waals surface area contributed by atoms with Crippen molar-refractivity contribution in [2.24, 2.45) is 0 Å². The Hall–Kier alpha value is -3.13. The minimum Gasteiger partial charge on any atom is -0.338 e. The number of hydrogen-bond acceptors (Lipinski definition) is 3. The monoisotopic (exact) mass is 276 g/mol. The summed E-state index contributed by atoms with van der Waals surface area (Å²) in [5, 5.41) is 13.1. The first kappa shape index (κ1) is 12.9. The van der Waals surface area contributed by atoms with E-state index in [9.17, 15) is 4.79 Å². The fourth-order valence-electron chi connectivity index (χ4n) is 2.32. The van der Waals surface area contributed by atoms with Crippen molar-refractivity contribution in [1.29, 1.82) is 5.26 Å². The molecule has 0 aliphatic heterocycles. The molecule has 2 aromatic heterocycles. The van der Waals surface area contributed by atoms with Gasteiger partial charge in [0.2, 0.25) is 0 Å². The number of allylic oxidation sites excluding steroid dienone is 1. The van der Waals surface area contributed by atoms with Crippen LogP contribution in [0.15, 0.2) is 47.9 Å². The maximum Gasteiger partial charge on any atom is 0.282 e. The van der Waals surface area contributed by atoms with Gasteiger partial charge in [-0.15, -0.1) is 0 Å². The van der Waals surface area contributed by atoms with Gasteiger partial charge in [-0.1, -0.05) is 36.9 Å². The van der Waals surface area contributed by atoms with Gasteiger partial charge in [0, 0.05) is 0 Å². The molecule has 0 saturated carbocycles. The minimum absolute atomic E-state index is 0.281. The van der Waals surface area contributed by atoms with Crippen molar-refractivity contribution >= 4 is 11.2 Å². The van der Waals surface area contributed by atoms with E-state index < -0.39 is 0 Å². The van der Waals surface area contributed by atoms with Gasteiger partial charge in [-0.3, -0.25) is 4.79 Å². The van der Waals surface area contributed by atoms with Crippen LogP contribution in [0.5, 0.6) is 0 Å². The fraction of sp³-hybridized carbons (Fsp3) is 0.0625. The molecule has 0 saturated heterocycles. The number of fused-ring (bicyclic) bond motifs is 1. The fourth-order valence-corrected chi connectivity index (χ4v) is 2.32. The number of nitrogens with zero attached hydrogens (tertiary/aromatic N) is 3. The number of aromatic amines is 1. The highest BCUT2D eigenvalue weighted by atomic mass is 16.1. The lowest BCUT2D eigenvalue weighted by molar-refractivity contribution is 0.895. The summed E-state index contributed by atoms with van der Waals surface area (Å²) in [6.07, 6.45) is 1.38. The Kier molecular flexibility index (Phi) is 2.92. The molecule has 0 radical (unpaired) electrons. The number of H-pyrrole nitrogens is 1. The molecule has 0 bridgehead atoms. The molecule has 1 aromatic carbocycles. The van der Waals surface area contributed by atoms with Gasteiger partial charge in [-0.25, -0.2) is 0 Å². The normalized spacial score (nSPS) is 10.5. The standard InChI is InChI=1S/C16H12N4O/c1-10(2)13-14(11-6-4-3-5-7-11)19-15-12(8-17)9-18-20(15)16(13)21/h3-7,9,19H,1H2,2H3. The predicted molar refractivity (Wildman–Crippen MR) is 80.7 cm³/mol. The lowest BCUT2D eigenvalue weighted by atomic mass is 10.0. The molecule has 0 atom stereocenters. The van der Waals surface area contributed by atoms with E-state index in [-0.39, 0.29) is 5.56 Å². The SMILES string of the molecule is C=C(C)c1c(-c2ccccc2)[nH]c2c(C#N)cnn2c1=O. The molecule has 0 spiro atoms. The average molecular weight is 276 g/mol. The maximum absolute atomic E-state index is 12.6. The third-order valence-corrected chi connectivity index (χ3v) is 3.28. The Labute approximate surface area is 120 Å². The molecule has 3 aromatic rings. The van der Waals surface area contributed by atoms with Gasteiger partial charge in [0.15, 0.2) is 5.65 Å². The van der Waals surface area contributed by atoms with Crippen molar-refractivity contribution in [3.8, 4) is 17.3 Å². The summed E-state index contributed by atoms with van der Waals surface area (Å²) in [4.78, 5) is 15.8. The van der Waals surface area contributed by atoms with E-state index >= 15 is 0 Å². The molecular formula is C16H12N4O. The second kappa shape index (κ2) is 4.76. The van der Waals surface area contributed by atoms with Gasteiger partial charge in [0.1, 0.15) is 11.6 Å². The van der Waals surface area contributed by atoms with Crippen molar-refractivity contribution in [1.82, 2.24) is 14.6 Å². The Morgan fingerprint density at radius 2 is 2.10 bits per heavy atom. The Balaban J connectivity index is 2.48. The molecule has 0 unspecified atom stereocenters. The zero-order chi connectivity index (χ0) is 15.0. The molecule has 1 N–H and O–H groups in total. The number of benzene rings is 1. The van der Waals surface area contributed by atoms with Gasteiger partial charge in [-0.05, 0) is 18.1 Å². The molecule has 0 fully saturated rings. The highest BCUT2D eigenvalue weighted by molar-refractivity contribution is 5.78. The largest absolute Gasteiger partial charge is 0.338 e. The van der Waals surface area contributed by atoms with E-state index in [0.29, 0.717) is 28.0 Å². The zero-order valence-electron chi connectivity index (χ0n) is 11.4. The first-order valence-corrected chi connectivity index (χ1v) is 6.39. The van der Waals surface area contributed by atoms with Crippen molar-refractivity contribution < 1.29 is 0 Å².